The fourth-order valence-electron chi connectivity index (χ4n) is 3.95. The van der Waals surface area contributed by atoms with Crippen LogP contribution in [0.25, 0.3) is 10.9 Å². The van der Waals surface area contributed by atoms with E-state index in [2.05, 4.69) is 17.2 Å². The summed E-state index contributed by atoms with van der Waals surface area (Å²) >= 11 is 0. The first-order valence-electron chi connectivity index (χ1n) is 9.49. The Morgan fingerprint density at radius 2 is 2.11 bits per heavy atom. The molecule has 7 nitrogen and oxygen atoms in total. The number of quaternary nitrogens is 1. The molecule has 0 aliphatic carbocycles. The number of nitrogens with one attached hydrogen (secondary N) is 3. The zero-order valence-corrected chi connectivity index (χ0v) is 16.2. The summed E-state index contributed by atoms with van der Waals surface area (Å²) in [6, 6.07) is 5.95. The molecule has 1 fully saturated rings. The van der Waals surface area contributed by atoms with Crippen molar-refractivity contribution in [2.45, 2.75) is 38.6 Å². The van der Waals surface area contributed by atoms with E-state index >= 15 is 0 Å². The number of methoxy groups -OCH3 is 2. The number of fused-ring (bicyclic) bond motifs is 1. The predicted octanol–water partition coefficient (Wildman–Crippen LogP) is 1.75. The molecule has 1 saturated heterocycles. The molecule has 1 aromatic carbocycles. The van der Waals surface area contributed by atoms with E-state index in [1.807, 2.05) is 6.07 Å². The number of likely N-dealkylation sites (tertiary alicyclic amines) is 1. The van der Waals surface area contributed by atoms with Crippen LogP contribution in [0.15, 0.2) is 18.2 Å². The van der Waals surface area contributed by atoms with Crippen LogP contribution in [0.5, 0.6) is 5.75 Å². The largest absolute Gasteiger partial charge is 0.497 e. The number of esters is 1. The van der Waals surface area contributed by atoms with Crippen molar-refractivity contribution in [1.82, 2.24) is 4.98 Å². The minimum atomic E-state index is -0.516. The van der Waals surface area contributed by atoms with E-state index in [4.69, 9.17) is 9.47 Å². The maximum Gasteiger partial charge on any atom is 0.356 e. The molecule has 1 amide bonds. The van der Waals surface area contributed by atoms with Crippen LogP contribution in [0.2, 0.25) is 0 Å². The first-order valence-corrected chi connectivity index (χ1v) is 9.49. The van der Waals surface area contributed by atoms with Crippen molar-refractivity contribution in [2.75, 3.05) is 32.6 Å². The second kappa shape index (κ2) is 8.43. The Bertz CT molecular complexity index is 830. The van der Waals surface area contributed by atoms with E-state index in [9.17, 15) is 9.59 Å². The van der Waals surface area contributed by atoms with Gasteiger partial charge in [0.25, 0.3) is 5.91 Å². The number of benzene rings is 1. The molecular weight excluding hydrogens is 346 g/mol. The molecule has 3 N–H and O–H groups in total. The fourth-order valence-corrected chi connectivity index (χ4v) is 3.95. The van der Waals surface area contributed by atoms with Crippen LogP contribution in [0, 0.1) is 0 Å². The van der Waals surface area contributed by atoms with Gasteiger partial charge in [-0.3, -0.25) is 4.79 Å². The van der Waals surface area contributed by atoms with E-state index in [1.165, 1.54) is 24.9 Å². The lowest BCUT2D eigenvalue weighted by Crippen LogP contribution is -3.17. The summed E-state index contributed by atoms with van der Waals surface area (Å²) in [6.07, 6.45) is 4.63. The summed E-state index contributed by atoms with van der Waals surface area (Å²) in [5, 5.41) is 3.70. The maximum atomic E-state index is 12.7. The third-order valence-corrected chi connectivity index (χ3v) is 5.42. The van der Waals surface area contributed by atoms with Crippen molar-refractivity contribution < 1.29 is 24.0 Å². The molecule has 146 valence electrons. The van der Waals surface area contributed by atoms with Gasteiger partial charge in [0, 0.05) is 11.5 Å². The Morgan fingerprint density at radius 3 is 2.81 bits per heavy atom. The highest BCUT2D eigenvalue weighted by Gasteiger charge is 2.28. The first kappa shape index (κ1) is 19.2. The molecule has 2 atom stereocenters. The SMILES string of the molecule is CC[C@@H]1CCCC[NH+]1CC(=O)Nc1c(C(=O)OC)[nH]c2cc(OC)ccc12. The number of H-pyrrole nitrogens is 1. The molecule has 0 bridgehead atoms. The van der Waals surface area contributed by atoms with Crippen LogP contribution in [-0.4, -0.2) is 50.2 Å². The molecule has 7 heteroatoms. The Morgan fingerprint density at radius 1 is 1.30 bits per heavy atom. The van der Waals surface area contributed by atoms with Gasteiger partial charge in [0.15, 0.2) is 6.54 Å². The van der Waals surface area contributed by atoms with Crippen molar-refractivity contribution >= 4 is 28.5 Å². The number of carbonyl (C=O) groups excluding carboxylic acids is 2. The number of hydrogen-bond acceptors (Lipinski definition) is 4. The van der Waals surface area contributed by atoms with Gasteiger partial charge in [-0.1, -0.05) is 6.92 Å². The van der Waals surface area contributed by atoms with E-state index in [0.717, 1.165) is 24.8 Å². The topological polar surface area (TPSA) is 84.9 Å². The fraction of sp³-hybridized carbons (Fsp3) is 0.500. The highest BCUT2D eigenvalue weighted by Crippen LogP contribution is 2.31. The quantitative estimate of drug-likeness (QED) is 0.673. The molecule has 3 rings (SSSR count). The molecule has 0 spiro atoms. The van der Waals surface area contributed by atoms with E-state index in [1.54, 1.807) is 19.2 Å². The minimum Gasteiger partial charge on any atom is -0.497 e. The second-order valence-electron chi connectivity index (χ2n) is 7.01. The van der Waals surface area contributed by atoms with Crippen molar-refractivity contribution in [3.8, 4) is 5.75 Å². The van der Waals surface area contributed by atoms with Gasteiger partial charge in [-0.25, -0.2) is 4.79 Å². The van der Waals surface area contributed by atoms with Crippen molar-refractivity contribution in [2.24, 2.45) is 0 Å². The van der Waals surface area contributed by atoms with Crippen LogP contribution in [0.3, 0.4) is 0 Å². The van der Waals surface area contributed by atoms with Gasteiger partial charge in [0.05, 0.1) is 38.0 Å². The lowest BCUT2D eigenvalue weighted by molar-refractivity contribution is -0.923. The van der Waals surface area contributed by atoms with Crippen molar-refractivity contribution in [3.05, 3.63) is 23.9 Å². The second-order valence-corrected chi connectivity index (χ2v) is 7.01. The molecule has 1 aliphatic rings. The van der Waals surface area contributed by atoms with Gasteiger partial charge >= 0.3 is 5.97 Å². The summed E-state index contributed by atoms with van der Waals surface area (Å²) < 4.78 is 10.1. The van der Waals surface area contributed by atoms with Gasteiger partial charge in [-0.15, -0.1) is 0 Å². The molecule has 1 aliphatic heterocycles. The predicted molar refractivity (Wildman–Crippen MR) is 103 cm³/mol. The number of aromatic nitrogens is 1. The minimum absolute atomic E-state index is 0.0905. The van der Waals surface area contributed by atoms with E-state index in [-0.39, 0.29) is 11.6 Å². The monoisotopic (exact) mass is 374 g/mol. The smallest absolute Gasteiger partial charge is 0.356 e. The van der Waals surface area contributed by atoms with Crippen LogP contribution < -0.4 is 15.0 Å². The normalized spacial score (nSPS) is 19.7. The van der Waals surface area contributed by atoms with Crippen LogP contribution in [-0.2, 0) is 9.53 Å². The lowest BCUT2D eigenvalue weighted by Gasteiger charge is -2.31. The maximum absolute atomic E-state index is 12.7. The first-order chi connectivity index (χ1) is 13.1. The third kappa shape index (κ3) is 4.08. The molecule has 1 unspecified atom stereocenters. The summed E-state index contributed by atoms with van der Waals surface area (Å²) in [5.74, 6) is 0.0611. The zero-order chi connectivity index (χ0) is 19.4. The average Bonchev–Trinajstić information content (AvgIpc) is 3.05. The number of carbonyl (C=O) groups is 2. The summed E-state index contributed by atoms with van der Waals surface area (Å²) in [7, 11) is 2.91. The summed E-state index contributed by atoms with van der Waals surface area (Å²) in [5.41, 5.74) is 1.42. The van der Waals surface area contributed by atoms with Crippen LogP contribution in [0.1, 0.15) is 43.1 Å². The summed E-state index contributed by atoms with van der Waals surface area (Å²) in [6.45, 7) is 3.60. The number of anilines is 1. The molecule has 1 aromatic heterocycles. The van der Waals surface area contributed by atoms with Crippen molar-refractivity contribution in [1.29, 1.82) is 0 Å². The van der Waals surface area contributed by atoms with Crippen LogP contribution in [0.4, 0.5) is 5.69 Å². The molecule has 2 heterocycles. The number of hydrogen-bond donors (Lipinski definition) is 3. The third-order valence-electron chi connectivity index (χ3n) is 5.42. The number of ether oxygens (including phenoxy) is 2. The average molecular weight is 374 g/mol. The lowest BCUT2D eigenvalue weighted by atomic mass is 10.00. The standard InChI is InChI=1S/C20H27N3O4/c1-4-13-7-5-6-10-23(13)12-17(24)22-18-15-9-8-14(26-2)11-16(15)21-19(18)20(25)27-3/h8-9,11,13,21H,4-7,10,12H2,1-3H3,(H,22,24)/p+1/t13-/m1/s1. The number of aromatic amines is 1. The number of piperidine rings is 1. The Kier molecular flexibility index (Phi) is 6.01. The molecule has 0 saturated carbocycles. The highest BCUT2D eigenvalue weighted by molar-refractivity contribution is 6.11. The van der Waals surface area contributed by atoms with Crippen molar-refractivity contribution in [3.63, 3.8) is 0 Å². The molecule has 27 heavy (non-hydrogen) atoms. The van der Waals surface area contributed by atoms with Gasteiger partial charge < -0.3 is 24.7 Å². The Balaban J connectivity index is 1.86. The molecule has 2 aromatic rings. The Hall–Kier alpha value is -2.54. The van der Waals surface area contributed by atoms with Gasteiger partial charge in [-0.2, -0.15) is 0 Å². The highest BCUT2D eigenvalue weighted by atomic mass is 16.5. The van der Waals surface area contributed by atoms with E-state index < -0.39 is 5.97 Å². The molecule has 0 radical (unpaired) electrons. The zero-order valence-electron chi connectivity index (χ0n) is 16.2. The molecular formula is C20H28N3O4+. The number of rotatable bonds is 6. The van der Waals surface area contributed by atoms with Gasteiger partial charge in [0.2, 0.25) is 0 Å². The van der Waals surface area contributed by atoms with Gasteiger partial charge in [0.1, 0.15) is 11.4 Å². The number of amides is 1. The van der Waals surface area contributed by atoms with Crippen LogP contribution >= 0.6 is 0 Å². The summed E-state index contributed by atoms with van der Waals surface area (Å²) in [4.78, 5) is 29.3. The van der Waals surface area contributed by atoms with Gasteiger partial charge in [-0.05, 0) is 37.8 Å². The van der Waals surface area contributed by atoms with E-state index in [0.29, 0.717) is 29.5 Å². The Labute approximate surface area is 159 Å².